The van der Waals surface area contributed by atoms with Crippen LogP contribution in [-0.4, -0.2) is 9.97 Å². The fourth-order valence-corrected chi connectivity index (χ4v) is 3.76. The lowest BCUT2D eigenvalue weighted by atomic mass is 10.0. The smallest absolute Gasteiger partial charge is 0.173 e. The Kier molecular flexibility index (Phi) is 5.48. The highest BCUT2D eigenvalue weighted by Gasteiger charge is 2.08. The first-order valence-corrected chi connectivity index (χ1v) is 10.1. The lowest BCUT2D eigenvalue weighted by molar-refractivity contribution is 1.19. The van der Waals surface area contributed by atoms with Gasteiger partial charge in [0.05, 0.1) is 0 Å². The van der Waals surface area contributed by atoms with Gasteiger partial charge in [-0.3, -0.25) is 0 Å². The Morgan fingerprint density at radius 2 is 1.07 bits per heavy atom. The third kappa shape index (κ3) is 4.66. The monoisotopic (exact) mass is 394 g/mol. The van der Waals surface area contributed by atoms with Gasteiger partial charge in [0.1, 0.15) is 0 Å². The molecule has 1 aromatic heterocycles. The molecule has 0 aliphatic carbocycles. The Balaban J connectivity index is 1.62. The summed E-state index contributed by atoms with van der Waals surface area (Å²) in [6.45, 7) is 8.44. The molecule has 0 amide bonds. The van der Waals surface area contributed by atoms with Crippen LogP contribution in [0.25, 0.3) is 11.1 Å². The molecule has 4 rings (SSSR count). The summed E-state index contributed by atoms with van der Waals surface area (Å²) in [5, 5.41) is 6.82. The minimum atomic E-state index is 0.689. The lowest BCUT2D eigenvalue weighted by Crippen LogP contribution is -2.02. The number of aryl methyl sites for hydroxylation is 4. The first-order chi connectivity index (χ1) is 14.5. The molecule has 0 saturated heterocycles. The van der Waals surface area contributed by atoms with E-state index in [1.54, 1.807) is 12.4 Å². The highest BCUT2D eigenvalue weighted by atomic mass is 15.1. The quantitative estimate of drug-likeness (QED) is 0.388. The third-order valence-corrected chi connectivity index (χ3v) is 4.86. The van der Waals surface area contributed by atoms with Crippen LogP contribution >= 0.6 is 0 Å². The zero-order chi connectivity index (χ0) is 21.1. The van der Waals surface area contributed by atoms with Gasteiger partial charge < -0.3 is 10.6 Å². The van der Waals surface area contributed by atoms with Gasteiger partial charge >= 0.3 is 0 Å². The third-order valence-electron chi connectivity index (χ3n) is 4.86. The number of nitrogens with zero attached hydrogens (tertiary/aromatic N) is 2. The molecule has 0 radical (unpaired) electrons. The zero-order valence-electron chi connectivity index (χ0n) is 17.8. The van der Waals surface area contributed by atoms with E-state index in [0.717, 1.165) is 11.4 Å². The molecule has 4 aromatic rings. The number of anilines is 4. The molecule has 4 heteroatoms. The largest absolute Gasteiger partial charge is 0.337 e. The SMILES string of the molecule is Cc1cc(C)cc(Nc2nccnc2Nc2cccc(-c3cc(C)cc(C)c3)c2)c1. The standard InChI is InChI=1S/C26H26N4/c1-17-10-18(2)13-22(12-17)21-6-5-7-23(16-21)29-25-26(28-9-8-27-25)30-24-14-19(3)11-20(4)15-24/h5-16H,1-4H3,(H,27,29)(H,28,30). The van der Waals surface area contributed by atoms with Gasteiger partial charge in [0.2, 0.25) is 0 Å². The molecule has 0 spiro atoms. The van der Waals surface area contributed by atoms with Gasteiger partial charge in [-0.05, 0) is 74.2 Å². The minimum absolute atomic E-state index is 0.689. The van der Waals surface area contributed by atoms with Crippen LogP contribution in [-0.2, 0) is 0 Å². The van der Waals surface area contributed by atoms with Crippen LogP contribution in [0.2, 0.25) is 0 Å². The molecule has 0 aliphatic heterocycles. The first-order valence-electron chi connectivity index (χ1n) is 10.1. The molecular weight excluding hydrogens is 368 g/mol. The van der Waals surface area contributed by atoms with Crippen LogP contribution in [0.4, 0.5) is 23.0 Å². The van der Waals surface area contributed by atoms with Crippen LogP contribution in [0, 0.1) is 27.7 Å². The van der Waals surface area contributed by atoms with Crippen LogP contribution in [0.1, 0.15) is 22.3 Å². The second-order valence-corrected chi connectivity index (χ2v) is 7.84. The van der Waals surface area contributed by atoms with E-state index in [9.17, 15) is 0 Å². The lowest BCUT2D eigenvalue weighted by Gasteiger charge is -2.14. The van der Waals surface area contributed by atoms with Crippen LogP contribution in [0.15, 0.2) is 73.1 Å². The normalized spacial score (nSPS) is 10.7. The van der Waals surface area contributed by atoms with Crippen molar-refractivity contribution in [1.29, 1.82) is 0 Å². The number of benzene rings is 3. The number of nitrogens with one attached hydrogen (secondary N) is 2. The Bertz CT molecular complexity index is 1160. The molecule has 2 N–H and O–H groups in total. The molecule has 1 heterocycles. The van der Waals surface area contributed by atoms with Gasteiger partial charge in [-0.25, -0.2) is 9.97 Å². The molecule has 0 fully saturated rings. The average molecular weight is 395 g/mol. The number of rotatable bonds is 5. The van der Waals surface area contributed by atoms with E-state index in [1.165, 1.54) is 33.4 Å². The zero-order valence-corrected chi connectivity index (χ0v) is 17.8. The summed E-state index contributed by atoms with van der Waals surface area (Å²) in [6, 6.07) is 21.3. The van der Waals surface area contributed by atoms with Gasteiger partial charge in [0.15, 0.2) is 11.6 Å². The van der Waals surface area contributed by atoms with E-state index >= 15 is 0 Å². The van der Waals surface area contributed by atoms with Crippen molar-refractivity contribution < 1.29 is 0 Å². The van der Waals surface area contributed by atoms with Gasteiger partial charge in [-0.2, -0.15) is 0 Å². The Morgan fingerprint density at radius 3 is 1.67 bits per heavy atom. The number of hydrogen-bond acceptors (Lipinski definition) is 4. The Morgan fingerprint density at radius 1 is 0.533 bits per heavy atom. The van der Waals surface area contributed by atoms with Crippen LogP contribution in [0.3, 0.4) is 0 Å². The molecule has 0 bridgehead atoms. The fourth-order valence-electron chi connectivity index (χ4n) is 3.76. The predicted molar refractivity (Wildman–Crippen MR) is 126 cm³/mol. The maximum absolute atomic E-state index is 4.51. The minimum Gasteiger partial charge on any atom is -0.337 e. The molecule has 0 aliphatic rings. The molecule has 150 valence electrons. The van der Waals surface area contributed by atoms with Gasteiger partial charge in [-0.1, -0.05) is 47.5 Å². The molecule has 4 nitrogen and oxygen atoms in total. The summed E-state index contributed by atoms with van der Waals surface area (Å²) >= 11 is 0. The Hall–Kier alpha value is -3.66. The van der Waals surface area contributed by atoms with E-state index < -0.39 is 0 Å². The van der Waals surface area contributed by atoms with E-state index in [1.807, 2.05) is 6.07 Å². The summed E-state index contributed by atoms with van der Waals surface area (Å²) in [4.78, 5) is 9.01. The van der Waals surface area contributed by atoms with Crippen molar-refractivity contribution in [2.24, 2.45) is 0 Å². The van der Waals surface area contributed by atoms with Crippen molar-refractivity contribution in [3.8, 4) is 11.1 Å². The van der Waals surface area contributed by atoms with Crippen molar-refractivity contribution >= 4 is 23.0 Å². The van der Waals surface area contributed by atoms with Gasteiger partial charge in [0, 0.05) is 23.8 Å². The molecule has 3 aromatic carbocycles. The summed E-state index contributed by atoms with van der Waals surface area (Å²) in [6.07, 6.45) is 3.39. The maximum atomic E-state index is 4.51. The van der Waals surface area contributed by atoms with Crippen LogP contribution in [0.5, 0.6) is 0 Å². The second kappa shape index (κ2) is 8.37. The fraction of sp³-hybridized carbons (Fsp3) is 0.154. The first kappa shape index (κ1) is 19.6. The molecule has 0 saturated carbocycles. The summed E-state index contributed by atoms with van der Waals surface area (Å²) in [7, 11) is 0. The number of hydrogen-bond donors (Lipinski definition) is 2. The molecule has 30 heavy (non-hydrogen) atoms. The number of aromatic nitrogens is 2. The Labute approximate surface area is 178 Å². The van der Waals surface area contributed by atoms with E-state index in [0.29, 0.717) is 11.6 Å². The predicted octanol–water partition coefficient (Wildman–Crippen LogP) is 6.86. The summed E-state index contributed by atoms with van der Waals surface area (Å²) < 4.78 is 0. The maximum Gasteiger partial charge on any atom is 0.173 e. The van der Waals surface area contributed by atoms with E-state index in [-0.39, 0.29) is 0 Å². The highest BCUT2D eigenvalue weighted by molar-refractivity contribution is 5.75. The summed E-state index contributed by atoms with van der Waals surface area (Å²) in [5.41, 5.74) is 9.28. The molecule has 0 atom stereocenters. The van der Waals surface area contributed by atoms with Crippen molar-refractivity contribution in [3.05, 3.63) is 95.3 Å². The second-order valence-electron chi connectivity index (χ2n) is 7.84. The van der Waals surface area contributed by atoms with Crippen molar-refractivity contribution in [3.63, 3.8) is 0 Å². The summed E-state index contributed by atoms with van der Waals surface area (Å²) in [5.74, 6) is 1.38. The van der Waals surface area contributed by atoms with E-state index in [4.69, 9.17) is 0 Å². The van der Waals surface area contributed by atoms with Crippen LogP contribution < -0.4 is 10.6 Å². The van der Waals surface area contributed by atoms with Crippen molar-refractivity contribution in [1.82, 2.24) is 9.97 Å². The van der Waals surface area contributed by atoms with E-state index in [2.05, 4.69) is 103 Å². The topological polar surface area (TPSA) is 49.8 Å². The van der Waals surface area contributed by atoms with Crippen molar-refractivity contribution in [2.45, 2.75) is 27.7 Å². The van der Waals surface area contributed by atoms with Gasteiger partial charge in [-0.15, -0.1) is 0 Å². The van der Waals surface area contributed by atoms with Crippen molar-refractivity contribution in [2.75, 3.05) is 10.6 Å². The molecule has 0 unspecified atom stereocenters. The highest BCUT2D eigenvalue weighted by Crippen LogP contribution is 2.29. The molecular formula is C26H26N4. The van der Waals surface area contributed by atoms with Gasteiger partial charge in [0.25, 0.3) is 0 Å². The average Bonchev–Trinajstić information content (AvgIpc) is 2.68.